The van der Waals surface area contributed by atoms with Crippen LogP contribution in [0, 0.1) is 12.7 Å². The van der Waals surface area contributed by atoms with Crippen LogP contribution < -0.4 is 10.6 Å². The summed E-state index contributed by atoms with van der Waals surface area (Å²) in [7, 11) is 1.76. The summed E-state index contributed by atoms with van der Waals surface area (Å²) in [4.78, 5) is 10.9. The van der Waals surface area contributed by atoms with Gasteiger partial charge < -0.3 is 15.2 Å². The van der Waals surface area contributed by atoms with Gasteiger partial charge in [-0.05, 0) is 50.6 Å². The van der Waals surface area contributed by atoms with Crippen LogP contribution in [0.3, 0.4) is 0 Å². The van der Waals surface area contributed by atoms with Crippen LogP contribution in [0.4, 0.5) is 4.39 Å². The average Bonchev–Trinajstić information content (AvgIpc) is 3.30. The lowest BCUT2D eigenvalue weighted by Gasteiger charge is -2.24. The van der Waals surface area contributed by atoms with Crippen molar-refractivity contribution in [1.29, 1.82) is 0 Å². The van der Waals surface area contributed by atoms with Gasteiger partial charge in [0.1, 0.15) is 11.6 Å². The van der Waals surface area contributed by atoms with E-state index in [1.165, 1.54) is 19.4 Å². The van der Waals surface area contributed by atoms with Gasteiger partial charge in [-0.2, -0.15) is 0 Å². The van der Waals surface area contributed by atoms with Gasteiger partial charge in [0.15, 0.2) is 5.96 Å². The highest BCUT2D eigenvalue weighted by molar-refractivity contribution is 14.0. The normalized spacial score (nSPS) is 17.4. The number of aryl methyl sites for hydroxylation is 1. The molecule has 0 saturated carbocycles. The van der Waals surface area contributed by atoms with Crippen LogP contribution in [-0.2, 0) is 6.54 Å². The summed E-state index contributed by atoms with van der Waals surface area (Å²) in [5, 5.41) is 6.66. The fourth-order valence-corrected chi connectivity index (χ4v) is 3.65. The van der Waals surface area contributed by atoms with Gasteiger partial charge in [-0.3, -0.25) is 9.89 Å². The molecule has 0 radical (unpaired) electrons. The molecule has 3 rings (SSSR count). The van der Waals surface area contributed by atoms with Crippen LogP contribution >= 0.6 is 24.0 Å². The molecule has 0 spiro atoms. The van der Waals surface area contributed by atoms with Crippen molar-refractivity contribution >= 4 is 29.9 Å². The minimum atomic E-state index is -0.261. The molecule has 2 aromatic rings. The van der Waals surface area contributed by atoms with Crippen LogP contribution in [0.25, 0.3) is 5.69 Å². The van der Waals surface area contributed by atoms with E-state index in [1.807, 2.05) is 13.0 Å². The number of hydrogen-bond donors (Lipinski definition) is 2. The Morgan fingerprint density at radius 1 is 1.36 bits per heavy atom. The molecule has 1 saturated heterocycles. The highest BCUT2D eigenvalue weighted by atomic mass is 127. The van der Waals surface area contributed by atoms with Crippen molar-refractivity contribution in [3.8, 4) is 5.69 Å². The van der Waals surface area contributed by atoms with Crippen molar-refractivity contribution in [2.75, 3.05) is 26.7 Å². The number of aliphatic imine (C=N–C) groups is 1. The first kappa shape index (κ1) is 22.6. The summed E-state index contributed by atoms with van der Waals surface area (Å²) >= 11 is 0. The number of likely N-dealkylation sites (tertiary alicyclic amines) is 1. The summed E-state index contributed by atoms with van der Waals surface area (Å²) in [5.74, 6) is 1.24. The topological polar surface area (TPSA) is 57.5 Å². The number of benzene rings is 1. The molecule has 8 heteroatoms. The van der Waals surface area contributed by atoms with Crippen molar-refractivity contribution in [3.63, 3.8) is 0 Å². The first-order valence-corrected chi connectivity index (χ1v) is 9.59. The maximum atomic E-state index is 14.5. The van der Waals surface area contributed by atoms with E-state index in [2.05, 4.69) is 32.4 Å². The second kappa shape index (κ2) is 10.8. The van der Waals surface area contributed by atoms with E-state index >= 15 is 0 Å². The lowest BCUT2D eigenvalue weighted by atomic mass is 10.2. The number of nitrogens with zero attached hydrogens (tertiary/aromatic N) is 4. The maximum Gasteiger partial charge on any atom is 0.191 e. The summed E-state index contributed by atoms with van der Waals surface area (Å²) in [6.45, 7) is 7.71. The molecule has 0 amide bonds. The number of imidazole rings is 1. The minimum Gasteiger partial charge on any atom is -0.355 e. The Labute approximate surface area is 183 Å². The van der Waals surface area contributed by atoms with Crippen molar-refractivity contribution < 1.29 is 4.39 Å². The predicted molar refractivity (Wildman–Crippen MR) is 122 cm³/mol. The van der Waals surface area contributed by atoms with Crippen LogP contribution in [0.5, 0.6) is 0 Å². The molecule has 28 heavy (non-hydrogen) atoms. The van der Waals surface area contributed by atoms with Gasteiger partial charge in [0.2, 0.25) is 0 Å². The third kappa shape index (κ3) is 5.44. The van der Waals surface area contributed by atoms with E-state index in [9.17, 15) is 4.39 Å². The van der Waals surface area contributed by atoms with Gasteiger partial charge in [0.25, 0.3) is 0 Å². The molecule has 154 valence electrons. The van der Waals surface area contributed by atoms with Gasteiger partial charge >= 0.3 is 0 Å². The highest BCUT2D eigenvalue weighted by Crippen LogP contribution is 2.17. The number of halogens is 2. The Morgan fingerprint density at radius 3 is 2.82 bits per heavy atom. The SMILES string of the molecule is CCN1CCCC1CNC(=NC)NCc1ccc(-n2ccnc2C)c(F)c1.I. The molecule has 6 nitrogen and oxygen atoms in total. The summed E-state index contributed by atoms with van der Waals surface area (Å²) in [6, 6.07) is 5.83. The quantitative estimate of drug-likeness (QED) is 0.364. The van der Waals surface area contributed by atoms with Gasteiger partial charge in [0, 0.05) is 38.6 Å². The standard InChI is InChI=1S/C20H29FN6.HI/c1-4-26-10-5-6-17(26)14-25-20(22-3)24-13-16-7-8-19(18(21)12-16)27-11-9-23-15(27)2;/h7-9,11-12,17H,4-6,10,13-14H2,1-3H3,(H2,22,24,25);1H. The van der Waals surface area contributed by atoms with Gasteiger partial charge in [-0.25, -0.2) is 9.37 Å². The van der Waals surface area contributed by atoms with Crippen LogP contribution in [0.15, 0.2) is 35.6 Å². The van der Waals surface area contributed by atoms with Crippen molar-refractivity contribution in [2.24, 2.45) is 4.99 Å². The van der Waals surface area contributed by atoms with E-state index in [0.29, 0.717) is 18.3 Å². The summed E-state index contributed by atoms with van der Waals surface area (Å²) in [6.07, 6.45) is 5.91. The fourth-order valence-electron chi connectivity index (χ4n) is 3.65. The molecule has 0 aliphatic carbocycles. The number of guanidine groups is 1. The van der Waals surface area contributed by atoms with E-state index in [0.717, 1.165) is 30.4 Å². The van der Waals surface area contributed by atoms with Gasteiger partial charge in [0.05, 0.1) is 5.69 Å². The maximum absolute atomic E-state index is 14.5. The first-order valence-electron chi connectivity index (χ1n) is 9.59. The smallest absolute Gasteiger partial charge is 0.191 e. The number of hydrogen-bond acceptors (Lipinski definition) is 3. The highest BCUT2D eigenvalue weighted by Gasteiger charge is 2.22. The molecule has 2 N–H and O–H groups in total. The molecule has 2 heterocycles. The lowest BCUT2D eigenvalue weighted by molar-refractivity contribution is 0.267. The van der Waals surface area contributed by atoms with E-state index in [-0.39, 0.29) is 29.8 Å². The molecule has 1 unspecified atom stereocenters. The molecule has 1 aliphatic heterocycles. The van der Waals surface area contributed by atoms with E-state index in [4.69, 9.17) is 0 Å². The molecule has 1 aromatic heterocycles. The summed E-state index contributed by atoms with van der Waals surface area (Å²) in [5.41, 5.74) is 1.38. The summed E-state index contributed by atoms with van der Waals surface area (Å²) < 4.78 is 16.3. The van der Waals surface area contributed by atoms with Crippen LogP contribution in [0.1, 0.15) is 31.2 Å². The second-order valence-corrected chi connectivity index (χ2v) is 6.86. The Morgan fingerprint density at radius 2 is 2.18 bits per heavy atom. The number of likely N-dealkylation sites (N-methyl/N-ethyl adjacent to an activating group) is 1. The molecular formula is C20H30FIN6. The Hall–Kier alpha value is -1.68. The first-order chi connectivity index (χ1) is 13.1. The Kier molecular flexibility index (Phi) is 8.68. The number of aromatic nitrogens is 2. The fraction of sp³-hybridized carbons (Fsp3) is 0.500. The predicted octanol–water partition coefficient (Wildman–Crippen LogP) is 3.09. The molecule has 1 atom stereocenters. The van der Waals surface area contributed by atoms with Crippen LogP contribution in [0.2, 0.25) is 0 Å². The van der Waals surface area contributed by atoms with E-state index < -0.39 is 0 Å². The zero-order valence-corrected chi connectivity index (χ0v) is 19.1. The van der Waals surface area contributed by atoms with Crippen molar-refractivity contribution in [3.05, 3.63) is 47.8 Å². The second-order valence-electron chi connectivity index (χ2n) is 6.86. The lowest BCUT2D eigenvalue weighted by Crippen LogP contribution is -2.44. The zero-order valence-electron chi connectivity index (χ0n) is 16.8. The Bertz CT molecular complexity index is 791. The third-order valence-corrected chi connectivity index (χ3v) is 5.19. The molecule has 1 aromatic carbocycles. The average molecular weight is 500 g/mol. The molecule has 0 bridgehead atoms. The molecule has 1 fully saturated rings. The van der Waals surface area contributed by atoms with Gasteiger partial charge in [-0.15, -0.1) is 24.0 Å². The van der Waals surface area contributed by atoms with Crippen molar-refractivity contribution in [2.45, 2.75) is 39.3 Å². The molecular weight excluding hydrogens is 470 g/mol. The minimum absolute atomic E-state index is 0. The van der Waals surface area contributed by atoms with Crippen LogP contribution in [-0.4, -0.2) is 53.1 Å². The van der Waals surface area contributed by atoms with E-state index in [1.54, 1.807) is 36.1 Å². The monoisotopic (exact) mass is 500 g/mol. The number of rotatable bonds is 6. The Balaban J connectivity index is 0.00000280. The van der Waals surface area contributed by atoms with Crippen molar-refractivity contribution in [1.82, 2.24) is 25.1 Å². The third-order valence-electron chi connectivity index (χ3n) is 5.19. The zero-order chi connectivity index (χ0) is 19.2. The molecule has 1 aliphatic rings. The largest absolute Gasteiger partial charge is 0.355 e. The van der Waals surface area contributed by atoms with Gasteiger partial charge in [-0.1, -0.05) is 13.0 Å². The number of nitrogens with one attached hydrogen (secondary N) is 2.